The molecule has 4 rings (SSSR count). The van der Waals surface area contributed by atoms with Crippen molar-refractivity contribution in [3.05, 3.63) is 29.8 Å². The third-order valence-corrected chi connectivity index (χ3v) is 6.93. The van der Waals surface area contributed by atoms with Gasteiger partial charge in [0.2, 0.25) is 0 Å². The predicted molar refractivity (Wildman–Crippen MR) is 123 cm³/mol. The van der Waals surface area contributed by atoms with Gasteiger partial charge < -0.3 is 24.2 Å². The van der Waals surface area contributed by atoms with Crippen LogP contribution in [0.15, 0.2) is 24.3 Å². The largest absolute Gasteiger partial charge is 0.490 e. The summed E-state index contributed by atoms with van der Waals surface area (Å²) in [7, 11) is 0. The zero-order valence-corrected chi connectivity index (χ0v) is 19.8. The maximum absolute atomic E-state index is 12.6. The molecular weight excluding hydrogens is 406 g/mol. The number of aliphatic hydroxyl groups excluding tert-OH is 1. The highest BCUT2D eigenvalue weighted by molar-refractivity contribution is 5.69. The van der Waals surface area contributed by atoms with Gasteiger partial charge in [0.1, 0.15) is 11.4 Å². The molecule has 2 aliphatic heterocycles. The number of piperidine rings is 1. The van der Waals surface area contributed by atoms with Gasteiger partial charge in [-0.3, -0.25) is 0 Å². The number of hydrogen-bond acceptors (Lipinski definition) is 5. The molecule has 0 spiro atoms. The minimum Gasteiger partial charge on any atom is -0.490 e. The maximum Gasteiger partial charge on any atom is 0.410 e. The number of rotatable bonds is 6. The van der Waals surface area contributed by atoms with Gasteiger partial charge in [-0.25, -0.2) is 4.79 Å². The first-order valence-corrected chi connectivity index (χ1v) is 12.3. The Balaban J connectivity index is 1.21. The minimum absolute atomic E-state index is 0.162. The fourth-order valence-corrected chi connectivity index (χ4v) is 5.47. The van der Waals surface area contributed by atoms with Crippen LogP contribution in [0.2, 0.25) is 0 Å². The van der Waals surface area contributed by atoms with Crippen LogP contribution in [0.4, 0.5) is 4.79 Å². The minimum atomic E-state index is -0.452. The van der Waals surface area contributed by atoms with E-state index in [2.05, 4.69) is 0 Å². The summed E-state index contributed by atoms with van der Waals surface area (Å²) in [4.78, 5) is 14.6. The summed E-state index contributed by atoms with van der Waals surface area (Å²) >= 11 is 0. The smallest absolute Gasteiger partial charge is 0.410 e. The third-order valence-electron chi connectivity index (χ3n) is 6.93. The van der Waals surface area contributed by atoms with E-state index in [9.17, 15) is 4.79 Å². The number of hydrogen-bond donors (Lipinski definition) is 1. The maximum atomic E-state index is 12.6. The van der Waals surface area contributed by atoms with Crippen molar-refractivity contribution in [2.24, 2.45) is 0 Å². The Morgan fingerprint density at radius 2 is 1.53 bits per heavy atom. The quantitative estimate of drug-likeness (QED) is 0.677. The molecule has 0 radical (unpaired) electrons. The molecule has 2 atom stereocenters. The Morgan fingerprint density at radius 3 is 2.09 bits per heavy atom. The lowest BCUT2D eigenvalue weighted by molar-refractivity contribution is -0.0812. The van der Waals surface area contributed by atoms with Crippen molar-refractivity contribution in [3.63, 3.8) is 0 Å². The number of carbonyl (C=O) groups is 1. The van der Waals surface area contributed by atoms with E-state index in [-0.39, 0.29) is 37.0 Å². The molecular formula is C26H39NO5. The molecule has 1 amide bonds. The Morgan fingerprint density at radius 1 is 0.938 bits per heavy atom. The molecule has 32 heavy (non-hydrogen) atoms. The summed E-state index contributed by atoms with van der Waals surface area (Å²) in [6, 6.07) is 8.56. The topological polar surface area (TPSA) is 68.2 Å². The van der Waals surface area contributed by atoms with E-state index in [0.717, 1.165) is 62.7 Å². The van der Waals surface area contributed by atoms with Gasteiger partial charge in [-0.2, -0.15) is 0 Å². The van der Waals surface area contributed by atoms with Gasteiger partial charge in [0.15, 0.2) is 0 Å². The van der Waals surface area contributed by atoms with E-state index in [4.69, 9.17) is 19.3 Å². The fraction of sp³-hybridized carbons (Fsp3) is 0.731. The van der Waals surface area contributed by atoms with Crippen molar-refractivity contribution in [2.75, 3.05) is 6.61 Å². The molecule has 1 aromatic rings. The molecule has 3 fully saturated rings. The summed E-state index contributed by atoms with van der Waals surface area (Å²) in [6.45, 7) is 5.95. The van der Waals surface area contributed by atoms with E-state index < -0.39 is 5.60 Å². The normalized spacial score (nSPS) is 30.2. The summed E-state index contributed by atoms with van der Waals surface area (Å²) in [5.74, 6) is 0.905. The van der Waals surface area contributed by atoms with Gasteiger partial charge in [-0.15, -0.1) is 0 Å². The lowest BCUT2D eigenvalue weighted by atomic mass is 9.93. The summed E-state index contributed by atoms with van der Waals surface area (Å²) in [5.41, 5.74) is 0.676. The number of carbonyl (C=O) groups excluding carboxylic acids is 1. The van der Waals surface area contributed by atoms with Gasteiger partial charge in [0.25, 0.3) is 0 Å². The second kappa shape index (κ2) is 10.0. The van der Waals surface area contributed by atoms with E-state index >= 15 is 0 Å². The van der Waals surface area contributed by atoms with Crippen LogP contribution < -0.4 is 4.74 Å². The van der Waals surface area contributed by atoms with Crippen molar-refractivity contribution in [1.82, 2.24) is 4.90 Å². The lowest BCUT2D eigenvalue weighted by Crippen LogP contribution is -2.50. The lowest BCUT2D eigenvalue weighted by Gasteiger charge is -2.41. The zero-order chi connectivity index (χ0) is 22.7. The molecule has 3 aliphatic rings. The van der Waals surface area contributed by atoms with Crippen LogP contribution in [-0.2, 0) is 15.9 Å². The molecule has 1 saturated carbocycles. The highest BCUT2D eigenvalue weighted by Crippen LogP contribution is 2.39. The molecule has 1 aromatic carbocycles. The second-order valence-electron chi connectivity index (χ2n) is 10.6. The highest BCUT2D eigenvalue weighted by atomic mass is 16.6. The summed E-state index contributed by atoms with van der Waals surface area (Å²) < 4.78 is 18.3. The number of fused-ring (bicyclic) bond motifs is 2. The van der Waals surface area contributed by atoms with E-state index in [0.29, 0.717) is 12.5 Å². The van der Waals surface area contributed by atoms with E-state index in [1.165, 1.54) is 0 Å². The molecule has 6 nitrogen and oxygen atoms in total. The Labute approximate surface area is 192 Å². The van der Waals surface area contributed by atoms with Crippen molar-refractivity contribution >= 4 is 6.09 Å². The molecule has 1 aliphatic carbocycles. The number of benzene rings is 1. The number of ether oxygens (including phenoxy) is 3. The van der Waals surface area contributed by atoms with Crippen LogP contribution >= 0.6 is 0 Å². The zero-order valence-electron chi connectivity index (χ0n) is 19.8. The molecule has 0 aromatic heterocycles. The molecule has 6 heteroatoms. The molecule has 2 unspecified atom stereocenters. The van der Waals surface area contributed by atoms with Gasteiger partial charge in [-0.05, 0) is 96.3 Å². The van der Waals surface area contributed by atoms with Crippen LogP contribution in [0.3, 0.4) is 0 Å². The fourth-order valence-electron chi connectivity index (χ4n) is 5.47. The Hall–Kier alpha value is -1.79. The van der Waals surface area contributed by atoms with Crippen LogP contribution in [0, 0.1) is 0 Å². The van der Waals surface area contributed by atoms with Gasteiger partial charge >= 0.3 is 6.09 Å². The molecule has 2 bridgehead atoms. The van der Waals surface area contributed by atoms with E-state index in [1.807, 2.05) is 49.9 Å². The van der Waals surface area contributed by atoms with Crippen LogP contribution in [0.5, 0.6) is 5.75 Å². The Kier molecular flexibility index (Phi) is 7.30. The van der Waals surface area contributed by atoms with Gasteiger partial charge in [0, 0.05) is 18.7 Å². The number of aliphatic hydroxyl groups is 1. The monoisotopic (exact) mass is 445 g/mol. The molecule has 178 valence electrons. The second-order valence-corrected chi connectivity index (χ2v) is 10.6. The highest BCUT2D eigenvalue weighted by Gasteiger charge is 2.45. The molecule has 2 saturated heterocycles. The van der Waals surface area contributed by atoms with Crippen molar-refractivity contribution in [1.29, 1.82) is 0 Å². The van der Waals surface area contributed by atoms with Crippen LogP contribution in [0.1, 0.15) is 77.7 Å². The average Bonchev–Trinajstić information content (AvgIpc) is 3.01. The predicted octanol–water partition coefficient (Wildman–Crippen LogP) is 4.86. The number of amides is 1. The van der Waals surface area contributed by atoms with Crippen molar-refractivity contribution in [2.45, 2.75) is 115 Å². The van der Waals surface area contributed by atoms with Crippen LogP contribution in [0.25, 0.3) is 0 Å². The number of nitrogens with zero attached hydrogens (tertiary/aromatic N) is 1. The first-order valence-electron chi connectivity index (χ1n) is 12.3. The average molecular weight is 446 g/mol. The standard InChI is InChI=1S/C26H39NO5/c1-26(2,3)32-25(29)27-19-6-7-20(27)17-24(16-19)31-23-12-10-22(11-13-23)30-21-8-4-18(5-9-21)14-15-28/h4-5,8-9,19-20,22-24,28H,6-7,10-17H2,1-3H3. The van der Waals surface area contributed by atoms with Gasteiger partial charge in [0.05, 0.1) is 18.3 Å². The molecule has 1 N–H and O–H groups in total. The first-order chi connectivity index (χ1) is 15.3. The third kappa shape index (κ3) is 5.96. The van der Waals surface area contributed by atoms with Crippen molar-refractivity contribution < 1.29 is 24.1 Å². The Bertz CT molecular complexity index is 736. The molecule has 2 heterocycles. The summed E-state index contributed by atoms with van der Waals surface area (Å²) in [6.07, 6.45) is 9.31. The van der Waals surface area contributed by atoms with Gasteiger partial charge in [-0.1, -0.05) is 12.1 Å². The SMILES string of the molecule is CC(C)(C)OC(=O)N1C2CCC1CC(OC1CCC(Oc3ccc(CCO)cc3)CC1)C2. The van der Waals surface area contributed by atoms with Crippen LogP contribution in [-0.4, -0.2) is 58.7 Å². The van der Waals surface area contributed by atoms with Crippen molar-refractivity contribution in [3.8, 4) is 5.75 Å². The van der Waals surface area contributed by atoms with E-state index in [1.54, 1.807) is 0 Å². The first kappa shape index (κ1) is 23.4. The summed E-state index contributed by atoms with van der Waals surface area (Å²) in [5, 5.41) is 9.04.